The van der Waals surface area contributed by atoms with Gasteiger partial charge in [-0.1, -0.05) is 20.8 Å². The first-order valence-electron chi connectivity index (χ1n) is 8.87. The molecule has 23 heavy (non-hydrogen) atoms. The summed E-state index contributed by atoms with van der Waals surface area (Å²) in [4.78, 5) is 23.5. The molecule has 0 atom stereocenters. The third-order valence-electron chi connectivity index (χ3n) is 5.41. The molecule has 5 heteroatoms. The number of carbonyl (C=O) groups is 1. The number of nitrogens with zero attached hydrogens (tertiary/aromatic N) is 3. The van der Waals surface area contributed by atoms with Gasteiger partial charge in [-0.2, -0.15) is 0 Å². The van der Waals surface area contributed by atoms with E-state index in [0.717, 1.165) is 43.9 Å². The molecule has 2 fully saturated rings. The van der Waals surface area contributed by atoms with E-state index in [9.17, 15) is 4.79 Å². The Hall–Kier alpha value is -1.65. The van der Waals surface area contributed by atoms with Crippen molar-refractivity contribution >= 4 is 11.7 Å². The molecule has 0 aromatic carbocycles. The Morgan fingerprint density at radius 3 is 2.57 bits per heavy atom. The van der Waals surface area contributed by atoms with E-state index >= 15 is 0 Å². The molecular formula is C18H28N4O. The van der Waals surface area contributed by atoms with E-state index in [1.165, 1.54) is 12.8 Å². The van der Waals surface area contributed by atoms with Gasteiger partial charge in [0.2, 0.25) is 5.91 Å². The number of amides is 1. The van der Waals surface area contributed by atoms with Crippen LogP contribution in [-0.2, 0) is 11.2 Å². The van der Waals surface area contributed by atoms with Gasteiger partial charge < -0.3 is 10.2 Å². The van der Waals surface area contributed by atoms with E-state index < -0.39 is 0 Å². The molecule has 1 aliphatic carbocycles. The molecule has 1 saturated carbocycles. The maximum absolute atomic E-state index is 12.5. The molecule has 5 nitrogen and oxygen atoms in total. The average molecular weight is 316 g/mol. The smallest absolute Gasteiger partial charge is 0.226 e. The molecule has 3 rings (SSSR count). The van der Waals surface area contributed by atoms with E-state index in [4.69, 9.17) is 0 Å². The second kappa shape index (κ2) is 6.46. The van der Waals surface area contributed by atoms with Crippen LogP contribution in [0, 0.1) is 11.3 Å². The summed E-state index contributed by atoms with van der Waals surface area (Å²) in [7, 11) is 0. The Morgan fingerprint density at radius 1 is 1.26 bits per heavy atom. The number of anilines is 1. The molecule has 1 aromatic rings. The van der Waals surface area contributed by atoms with Gasteiger partial charge in [0.15, 0.2) is 0 Å². The Labute approximate surface area is 138 Å². The fraction of sp³-hybridized carbons (Fsp3) is 0.722. The van der Waals surface area contributed by atoms with Gasteiger partial charge in [-0.15, -0.1) is 0 Å². The minimum absolute atomic E-state index is 0.209. The Balaban J connectivity index is 1.53. The van der Waals surface area contributed by atoms with Crippen molar-refractivity contribution in [1.82, 2.24) is 15.3 Å². The Morgan fingerprint density at radius 2 is 1.96 bits per heavy atom. The van der Waals surface area contributed by atoms with Gasteiger partial charge in [-0.05, 0) is 38.0 Å². The first-order valence-corrected chi connectivity index (χ1v) is 8.87. The predicted molar refractivity (Wildman–Crippen MR) is 91.3 cm³/mol. The number of piperidine rings is 1. The highest BCUT2D eigenvalue weighted by Crippen LogP contribution is 2.45. The van der Waals surface area contributed by atoms with Gasteiger partial charge >= 0.3 is 0 Å². The summed E-state index contributed by atoms with van der Waals surface area (Å²) in [5, 5.41) is 3.28. The highest BCUT2D eigenvalue weighted by Gasteiger charge is 2.43. The number of aromatic nitrogens is 2. The lowest BCUT2D eigenvalue weighted by molar-refractivity contribution is -0.131. The van der Waals surface area contributed by atoms with Crippen LogP contribution < -0.4 is 10.2 Å². The van der Waals surface area contributed by atoms with Gasteiger partial charge in [0.05, 0.1) is 0 Å². The third kappa shape index (κ3) is 3.65. The second-order valence-electron chi connectivity index (χ2n) is 7.45. The quantitative estimate of drug-likeness (QED) is 0.907. The average Bonchev–Trinajstić information content (AvgIpc) is 3.41. The van der Waals surface area contributed by atoms with Gasteiger partial charge in [0, 0.05) is 36.3 Å². The molecule has 1 aliphatic heterocycles. The molecule has 0 bridgehead atoms. The SMILES string of the molecule is CCc1cc(N2CCC(NC(=O)C(C)(C)C3CC3)CC2)ncn1. The monoisotopic (exact) mass is 316 g/mol. The van der Waals surface area contributed by atoms with Gasteiger partial charge in [-0.3, -0.25) is 4.79 Å². The van der Waals surface area contributed by atoms with E-state index in [2.05, 4.69) is 47.0 Å². The normalized spacial score (nSPS) is 19.7. The summed E-state index contributed by atoms with van der Waals surface area (Å²) >= 11 is 0. The topological polar surface area (TPSA) is 58.1 Å². The van der Waals surface area contributed by atoms with E-state index in [0.29, 0.717) is 12.0 Å². The summed E-state index contributed by atoms with van der Waals surface area (Å²) in [5.74, 6) is 1.82. The minimum Gasteiger partial charge on any atom is -0.356 e. The predicted octanol–water partition coefficient (Wildman–Crippen LogP) is 2.56. The third-order valence-corrected chi connectivity index (χ3v) is 5.41. The van der Waals surface area contributed by atoms with Crippen LogP contribution in [0.5, 0.6) is 0 Å². The summed E-state index contributed by atoms with van der Waals surface area (Å²) < 4.78 is 0. The second-order valence-corrected chi connectivity index (χ2v) is 7.45. The molecule has 0 spiro atoms. The van der Waals surface area contributed by atoms with Gasteiger partial charge in [0.1, 0.15) is 12.1 Å². The van der Waals surface area contributed by atoms with Crippen molar-refractivity contribution in [3.8, 4) is 0 Å². The highest BCUT2D eigenvalue weighted by atomic mass is 16.2. The van der Waals surface area contributed by atoms with Crippen LogP contribution in [0.25, 0.3) is 0 Å². The van der Waals surface area contributed by atoms with Crippen molar-refractivity contribution in [3.63, 3.8) is 0 Å². The van der Waals surface area contributed by atoms with Crippen molar-refractivity contribution in [2.45, 2.75) is 58.9 Å². The molecule has 0 radical (unpaired) electrons. The van der Waals surface area contributed by atoms with Crippen molar-refractivity contribution in [2.75, 3.05) is 18.0 Å². The van der Waals surface area contributed by atoms with E-state index in [-0.39, 0.29) is 11.3 Å². The zero-order valence-corrected chi connectivity index (χ0v) is 14.5. The molecule has 2 heterocycles. The molecular weight excluding hydrogens is 288 g/mol. The maximum Gasteiger partial charge on any atom is 0.226 e. The number of rotatable bonds is 5. The van der Waals surface area contributed by atoms with Gasteiger partial charge in [-0.25, -0.2) is 9.97 Å². The summed E-state index contributed by atoms with van der Waals surface area (Å²) in [6, 6.07) is 2.37. The van der Waals surface area contributed by atoms with Crippen LogP contribution in [0.3, 0.4) is 0 Å². The number of nitrogens with one attached hydrogen (secondary N) is 1. The molecule has 126 valence electrons. The lowest BCUT2D eigenvalue weighted by atomic mass is 9.85. The first-order chi connectivity index (χ1) is 11.0. The summed E-state index contributed by atoms with van der Waals surface area (Å²) in [6.07, 6.45) is 6.95. The minimum atomic E-state index is -0.209. The fourth-order valence-corrected chi connectivity index (χ4v) is 3.37. The molecule has 1 amide bonds. The van der Waals surface area contributed by atoms with Crippen LogP contribution >= 0.6 is 0 Å². The van der Waals surface area contributed by atoms with Crippen molar-refractivity contribution < 1.29 is 4.79 Å². The lowest BCUT2D eigenvalue weighted by Crippen LogP contribution is -2.49. The van der Waals surface area contributed by atoms with E-state index in [1.54, 1.807) is 6.33 Å². The van der Waals surface area contributed by atoms with Crippen LogP contribution in [-0.4, -0.2) is 35.0 Å². The molecule has 1 saturated heterocycles. The zero-order valence-electron chi connectivity index (χ0n) is 14.5. The Bertz CT molecular complexity index is 560. The zero-order chi connectivity index (χ0) is 16.4. The number of hydrogen-bond donors (Lipinski definition) is 1. The standard InChI is InChI=1S/C18H28N4O/c1-4-14-11-16(20-12-19-14)22-9-7-15(8-10-22)21-17(23)18(2,3)13-5-6-13/h11-13,15H,4-10H2,1-3H3,(H,21,23). The highest BCUT2D eigenvalue weighted by molar-refractivity contribution is 5.82. The van der Waals surface area contributed by atoms with Gasteiger partial charge in [0.25, 0.3) is 0 Å². The maximum atomic E-state index is 12.5. The fourth-order valence-electron chi connectivity index (χ4n) is 3.37. The summed E-state index contributed by atoms with van der Waals surface area (Å²) in [6.45, 7) is 8.16. The molecule has 1 N–H and O–H groups in total. The van der Waals surface area contributed by atoms with Crippen LogP contribution in [0.1, 0.15) is 52.1 Å². The lowest BCUT2D eigenvalue weighted by Gasteiger charge is -2.35. The summed E-state index contributed by atoms with van der Waals surface area (Å²) in [5.41, 5.74) is 0.872. The number of carbonyl (C=O) groups excluding carboxylic acids is 1. The molecule has 2 aliphatic rings. The van der Waals surface area contributed by atoms with Crippen LogP contribution in [0.2, 0.25) is 0 Å². The van der Waals surface area contributed by atoms with Crippen molar-refractivity contribution in [3.05, 3.63) is 18.1 Å². The van der Waals surface area contributed by atoms with Crippen molar-refractivity contribution in [2.24, 2.45) is 11.3 Å². The van der Waals surface area contributed by atoms with Crippen molar-refractivity contribution in [1.29, 1.82) is 0 Å². The number of hydrogen-bond acceptors (Lipinski definition) is 4. The first kappa shape index (κ1) is 16.2. The van der Waals surface area contributed by atoms with E-state index in [1.807, 2.05) is 0 Å². The Kier molecular flexibility index (Phi) is 4.55. The largest absolute Gasteiger partial charge is 0.356 e. The number of aryl methyl sites for hydroxylation is 1. The molecule has 0 unspecified atom stereocenters. The molecule has 1 aromatic heterocycles. The van der Waals surface area contributed by atoms with Crippen LogP contribution in [0.15, 0.2) is 12.4 Å². The van der Waals surface area contributed by atoms with Crippen LogP contribution in [0.4, 0.5) is 5.82 Å².